The fourth-order valence-electron chi connectivity index (χ4n) is 9.10. The largest absolute Gasteiger partial charge is 0.309 e. The van der Waals surface area contributed by atoms with Crippen LogP contribution in [0.2, 0.25) is 0 Å². The van der Waals surface area contributed by atoms with E-state index in [0.29, 0.717) is 0 Å². The van der Waals surface area contributed by atoms with Crippen molar-refractivity contribution in [3.05, 3.63) is 206 Å². The van der Waals surface area contributed by atoms with E-state index in [-0.39, 0.29) is 0 Å². The predicted molar refractivity (Wildman–Crippen MR) is 238 cm³/mol. The number of rotatable bonds is 5. The first-order valence-electron chi connectivity index (χ1n) is 19.5. The van der Waals surface area contributed by atoms with Crippen molar-refractivity contribution in [2.45, 2.75) is 0 Å². The molecule has 0 radical (unpaired) electrons. The van der Waals surface area contributed by atoms with Gasteiger partial charge < -0.3 is 9.13 Å². The number of hydrogen-bond donors (Lipinski definition) is 0. The highest BCUT2D eigenvalue weighted by Gasteiger charge is 2.19. The fraction of sp³-hybridized carbons (Fsp3) is 0. The molecule has 0 N–H and O–H groups in total. The van der Waals surface area contributed by atoms with Crippen LogP contribution < -0.4 is 0 Å². The Hall–Kier alpha value is -7.69. The van der Waals surface area contributed by atoms with Gasteiger partial charge in [-0.2, -0.15) is 0 Å². The van der Waals surface area contributed by atoms with Crippen molar-refractivity contribution >= 4 is 65.4 Å². The molecule has 8 aromatic carbocycles. The van der Waals surface area contributed by atoms with Crippen molar-refractivity contribution < 1.29 is 0 Å². The number of pyridine rings is 1. The van der Waals surface area contributed by atoms with Gasteiger partial charge in [-0.3, -0.25) is 4.57 Å². The van der Waals surface area contributed by atoms with Gasteiger partial charge in [-0.25, -0.2) is 4.98 Å². The van der Waals surface area contributed by atoms with E-state index < -0.39 is 0 Å². The predicted octanol–water partition coefficient (Wildman–Crippen LogP) is 13.7. The van der Waals surface area contributed by atoms with E-state index in [1.165, 1.54) is 71.2 Å². The Morgan fingerprint density at radius 2 is 0.719 bits per heavy atom. The summed E-state index contributed by atoms with van der Waals surface area (Å²) in [4.78, 5) is 5.18. The standard InChI is InChI=1S/C53H34N4/c1-3-14-35(15-4-1)46-21-13-25-53(54-46)57-49-24-12-9-20-42(49)45-34-39(28-31-52(45)57)56-48-23-11-8-19-41(48)44-33-37(27-30-51(44)56)36-26-29-50-43(32-36)40-18-7-10-22-47(40)55(50)38-16-5-2-6-17-38/h1-34H. The smallest absolute Gasteiger partial charge is 0.138 e. The molecule has 0 aliphatic rings. The third kappa shape index (κ3) is 4.84. The van der Waals surface area contributed by atoms with Gasteiger partial charge in [0.25, 0.3) is 0 Å². The SMILES string of the molecule is c1ccc(-c2cccc(-n3c4ccccc4c4cc(-n5c6ccccc6c6cc(-c7ccc8c(c7)c7ccccc7n8-c7ccccc7)ccc65)ccc43)n2)cc1. The Kier molecular flexibility index (Phi) is 6.89. The zero-order valence-corrected chi connectivity index (χ0v) is 30.9. The first-order chi connectivity index (χ1) is 28.3. The van der Waals surface area contributed by atoms with Crippen LogP contribution in [0, 0.1) is 0 Å². The zero-order valence-electron chi connectivity index (χ0n) is 30.9. The van der Waals surface area contributed by atoms with Gasteiger partial charge in [-0.15, -0.1) is 0 Å². The second kappa shape index (κ2) is 12.4. The van der Waals surface area contributed by atoms with E-state index in [9.17, 15) is 0 Å². The Balaban J connectivity index is 1.02. The first kappa shape index (κ1) is 31.6. The summed E-state index contributed by atoms with van der Waals surface area (Å²) >= 11 is 0. The zero-order chi connectivity index (χ0) is 37.5. The van der Waals surface area contributed by atoms with Crippen molar-refractivity contribution in [1.82, 2.24) is 18.7 Å². The minimum absolute atomic E-state index is 0.905. The second-order valence-corrected chi connectivity index (χ2v) is 14.8. The van der Waals surface area contributed by atoms with Crippen LogP contribution in [0.1, 0.15) is 0 Å². The molecule has 4 heteroatoms. The third-order valence-electron chi connectivity index (χ3n) is 11.6. The molecule has 0 aliphatic carbocycles. The molecule has 0 spiro atoms. The molecular formula is C53H34N4. The average Bonchev–Trinajstić information content (AvgIpc) is 3.92. The van der Waals surface area contributed by atoms with Crippen LogP contribution in [0.4, 0.5) is 0 Å². The minimum Gasteiger partial charge on any atom is -0.309 e. The molecule has 266 valence electrons. The summed E-state index contributed by atoms with van der Waals surface area (Å²) in [5, 5.41) is 7.38. The maximum absolute atomic E-state index is 5.18. The summed E-state index contributed by atoms with van der Waals surface area (Å²) in [5.41, 5.74) is 13.8. The Morgan fingerprint density at radius 3 is 1.33 bits per heavy atom. The number of benzene rings is 8. The molecule has 0 fully saturated rings. The maximum Gasteiger partial charge on any atom is 0.138 e. The van der Waals surface area contributed by atoms with Crippen molar-refractivity contribution in [2.75, 3.05) is 0 Å². The van der Waals surface area contributed by atoms with E-state index in [0.717, 1.165) is 33.8 Å². The number of aromatic nitrogens is 4. The fourth-order valence-corrected chi connectivity index (χ4v) is 9.10. The highest BCUT2D eigenvalue weighted by molar-refractivity contribution is 6.14. The van der Waals surface area contributed by atoms with Crippen LogP contribution in [-0.2, 0) is 0 Å². The molecule has 0 saturated carbocycles. The Bertz CT molecular complexity index is 3510. The van der Waals surface area contributed by atoms with E-state index >= 15 is 0 Å². The molecule has 0 unspecified atom stereocenters. The van der Waals surface area contributed by atoms with Gasteiger partial charge in [0.05, 0.1) is 38.8 Å². The summed E-state index contributed by atoms with van der Waals surface area (Å²) < 4.78 is 7.09. The van der Waals surface area contributed by atoms with Gasteiger partial charge in [0.15, 0.2) is 0 Å². The number of fused-ring (bicyclic) bond motifs is 9. The summed E-state index contributed by atoms with van der Waals surface area (Å²) in [6.07, 6.45) is 0. The lowest BCUT2D eigenvalue weighted by Crippen LogP contribution is -1.99. The lowest BCUT2D eigenvalue weighted by molar-refractivity contribution is 1.08. The topological polar surface area (TPSA) is 27.7 Å². The van der Waals surface area contributed by atoms with Gasteiger partial charge in [0.2, 0.25) is 0 Å². The second-order valence-electron chi connectivity index (χ2n) is 14.8. The van der Waals surface area contributed by atoms with Crippen LogP contribution in [-0.4, -0.2) is 18.7 Å². The van der Waals surface area contributed by atoms with Gasteiger partial charge in [-0.1, -0.05) is 121 Å². The third-order valence-corrected chi connectivity index (χ3v) is 11.6. The summed E-state index contributed by atoms with van der Waals surface area (Å²) in [7, 11) is 0. The van der Waals surface area contributed by atoms with E-state index in [4.69, 9.17) is 4.98 Å². The molecule has 4 nitrogen and oxygen atoms in total. The van der Waals surface area contributed by atoms with Gasteiger partial charge >= 0.3 is 0 Å². The van der Waals surface area contributed by atoms with E-state index in [1.807, 2.05) is 6.07 Å². The lowest BCUT2D eigenvalue weighted by Gasteiger charge is -2.11. The van der Waals surface area contributed by atoms with E-state index in [2.05, 4.69) is 214 Å². The van der Waals surface area contributed by atoms with Gasteiger partial charge in [0, 0.05) is 49.3 Å². The monoisotopic (exact) mass is 726 g/mol. The van der Waals surface area contributed by atoms with Crippen molar-refractivity contribution in [3.8, 4) is 39.6 Å². The molecule has 0 atom stereocenters. The number of para-hydroxylation sites is 4. The van der Waals surface area contributed by atoms with Crippen molar-refractivity contribution in [1.29, 1.82) is 0 Å². The molecule has 0 amide bonds. The molecular weight excluding hydrogens is 693 g/mol. The molecule has 57 heavy (non-hydrogen) atoms. The molecule has 12 rings (SSSR count). The Labute approximate surface area is 328 Å². The molecule has 12 aromatic rings. The quantitative estimate of drug-likeness (QED) is 0.174. The molecule has 0 bridgehead atoms. The molecule has 0 aliphatic heterocycles. The highest BCUT2D eigenvalue weighted by atomic mass is 15.1. The number of nitrogens with zero attached hydrogens (tertiary/aromatic N) is 4. The molecule has 4 aromatic heterocycles. The normalized spacial score (nSPS) is 11.9. The van der Waals surface area contributed by atoms with Crippen LogP contribution in [0.5, 0.6) is 0 Å². The first-order valence-corrected chi connectivity index (χ1v) is 19.5. The minimum atomic E-state index is 0.905. The van der Waals surface area contributed by atoms with Crippen molar-refractivity contribution in [2.24, 2.45) is 0 Å². The van der Waals surface area contributed by atoms with E-state index in [1.54, 1.807) is 0 Å². The number of hydrogen-bond acceptors (Lipinski definition) is 1. The molecule has 0 saturated heterocycles. The van der Waals surface area contributed by atoms with Crippen LogP contribution in [0.25, 0.3) is 105 Å². The highest BCUT2D eigenvalue weighted by Crippen LogP contribution is 2.40. The summed E-state index contributed by atoms with van der Waals surface area (Å²) in [6, 6.07) is 74.3. The maximum atomic E-state index is 5.18. The lowest BCUT2D eigenvalue weighted by atomic mass is 10.0. The average molecular weight is 727 g/mol. The summed E-state index contributed by atoms with van der Waals surface area (Å²) in [5.74, 6) is 0.905. The van der Waals surface area contributed by atoms with Crippen LogP contribution in [0.15, 0.2) is 206 Å². The summed E-state index contributed by atoms with van der Waals surface area (Å²) in [6.45, 7) is 0. The Morgan fingerprint density at radius 1 is 0.263 bits per heavy atom. The van der Waals surface area contributed by atoms with Crippen LogP contribution in [0.3, 0.4) is 0 Å². The van der Waals surface area contributed by atoms with Gasteiger partial charge in [-0.05, 0) is 96.1 Å². The van der Waals surface area contributed by atoms with Crippen molar-refractivity contribution in [3.63, 3.8) is 0 Å². The van der Waals surface area contributed by atoms with Gasteiger partial charge in [0.1, 0.15) is 5.82 Å². The van der Waals surface area contributed by atoms with Crippen LogP contribution >= 0.6 is 0 Å². The molecule has 4 heterocycles.